The van der Waals surface area contributed by atoms with E-state index >= 15 is 0 Å². The van der Waals surface area contributed by atoms with Crippen LogP contribution in [-0.4, -0.2) is 16.1 Å². The molecule has 0 radical (unpaired) electrons. The molecule has 1 aromatic heterocycles. The minimum absolute atomic E-state index is 0.108. The normalized spacial score (nSPS) is 13.2. The second kappa shape index (κ2) is 3.87. The fourth-order valence-electron chi connectivity index (χ4n) is 1.31. The third kappa shape index (κ3) is 2.06. The first kappa shape index (κ1) is 10.2. The molecule has 4 heteroatoms. The molecular weight excluding hydrogens is 186 g/mol. The minimum Gasteiger partial charge on any atom is -0.481 e. The molecule has 1 unspecified atom stereocenters. The van der Waals surface area contributed by atoms with Crippen molar-refractivity contribution in [1.82, 2.24) is 4.98 Å². The largest absolute Gasteiger partial charge is 0.481 e. The van der Waals surface area contributed by atoms with Crippen LogP contribution < -0.4 is 0 Å². The summed E-state index contributed by atoms with van der Waals surface area (Å²) in [5, 5.41) is 9.02. The lowest BCUT2D eigenvalue weighted by Crippen LogP contribution is -2.17. The number of aryl methyl sites for hydroxylation is 1. The van der Waals surface area contributed by atoms with Crippen molar-refractivity contribution in [1.29, 1.82) is 0 Å². The zero-order valence-electron chi connectivity index (χ0n) is 7.94. The molecule has 0 aliphatic carbocycles. The average Bonchev–Trinajstić information content (AvgIpc) is 2.35. The summed E-state index contributed by atoms with van der Waals surface area (Å²) < 4.78 is 0. The predicted octanol–water partition coefficient (Wildman–Crippen LogP) is 2.28. The van der Waals surface area contributed by atoms with Crippen LogP contribution in [0, 0.1) is 12.8 Å². The summed E-state index contributed by atoms with van der Waals surface area (Å²) in [7, 11) is 0. The van der Waals surface area contributed by atoms with Crippen LogP contribution in [-0.2, 0) is 4.79 Å². The molecule has 1 N–H and O–H groups in total. The van der Waals surface area contributed by atoms with Gasteiger partial charge in [-0.25, -0.2) is 4.98 Å². The second-order valence-electron chi connectivity index (χ2n) is 3.36. The van der Waals surface area contributed by atoms with E-state index in [0.29, 0.717) is 0 Å². The number of hydrogen-bond donors (Lipinski definition) is 1. The predicted molar refractivity (Wildman–Crippen MR) is 52.1 cm³/mol. The van der Waals surface area contributed by atoms with Gasteiger partial charge in [0.05, 0.1) is 17.1 Å². The number of aliphatic carboxylic acids is 1. The standard InChI is InChI=1S/C9H13NO2S/c1-5(2)7(9(11)12)8-6(3)10-4-13-8/h4-5,7H,1-3H3,(H,11,12). The van der Waals surface area contributed by atoms with E-state index in [1.165, 1.54) is 11.3 Å². The Balaban J connectivity index is 3.02. The Morgan fingerprint density at radius 3 is 2.54 bits per heavy atom. The molecule has 0 amide bonds. The van der Waals surface area contributed by atoms with Gasteiger partial charge >= 0.3 is 5.97 Å². The Morgan fingerprint density at radius 2 is 2.23 bits per heavy atom. The summed E-state index contributed by atoms with van der Waals surface area (Å²) in [4.78, 5) is 15.9. The van der Waals surface area contributed by atoms with Crippen LogP contribution in [0.1, 0.15) is 30.3 Å². The Labute approximate surface area is 81.4 Å². The molecule has 0 saturated carbocycles. The van der Waals surface area contributed by atoms with E-state index in [-0.39, 0.29) is 5.92 Å². The molecule has 13 heavy (non-hydrogen) atoms. The molecule has 3 nitrogen and oxygen atoms in total. The van der Waals surface area contributed by atoms with Crippen LogP contribution in [0.5, 0.6) is 0 Å². The van der Waals surface area contributed by atoms with Gasteiger partial charge in [0.1, 0.15) is 0 Å². The Hall–Kier alpha value is -0.900. The van der Waals surface area contributed by atoms with Crippen molar-refractivity contribution >= 4 is 17.3 Å². The molecule has 0 saturated heterocycles. The Bertz CT molecular complexity index is 306. The van der Waals surface area contributed by atoms with E-state index in [4.69, 9.17) is 5.11 Å². The summed E-state index contributed by atoms with van der Waals surface area (Å²) in [6.45, 7) is 5.68. The number of carboxylic acids is 1. The zero-order chi connectivity index (χ0) is 10.0. The number of aromatic nitrogens is 1. The Kier molecular flexibility index (Phi) is 3.03. The maximum Gasteiger partial charge on any atom is 0.312 e. The summed E-state index contributed by atoms with van der Waals surface area (Å²) in [6.07, 6.45) is 0. The molecular formula is C9H13NO2S. The highest BCUT2D eigenvalue weighted by Gasteiger charge is 2.26. The fourth-order valence-corrected chi connectivity index (χ4v) is 2.38. The lowest BCUT2D eigenvalue weighted by molar-refractivity contribution is -0.139. The topological polar surface area (TPSA) is 50.2 Å². The highest BCUT2D eigenvalue weighted by atomic mass is 32.1. The molecule has 0 aromatic carbocycles. The molecule has 0 aliphatic rings. The van der Waals surface area contributed by atoms with Crippen molar-refractivity contribution in [2.45, 2.75) is 26.7 Å². The quantitative estimate of drug-likeness (QED) is 0.812. The number of hydrogen-bond acceptors (Lipinski definition) is 3. The first-order valence-corrected chi connectivity index (χ1v) is 5.04. The van der Waals surface area contributed by atoms with E-state index in [9.17, 15) is 4.79 Å². The van der Waals surface area contributed by atoms with Gasteiger partial charge in [0, 0.05) is 4.88 Å². The smallest absolute Gasteiger partial charge is 0.312 e. The van der Waals surface area contributed by atoms with Gasteiger partial charge in [-0.05, 0) is 12.8 Å². The van der Waals surface area contributed by atoms with Crippen molar-refractivity contribution < 1.29 is 9.90 Å². The monoisotopic (exact) mass is 199 g/mol. The number of thiazole rings is 1. The van der Waals surface area contributed by atoms with Crippen LogP contribution >= 0.6 is 11.3 Å². The number of rotatable bonds is 3. The third-order valence-electron chi connectivity index (χ3n) is 2.00. The SMILES string of the molecule is Cc1ncsc1C(C(=O)O)C(C)C. The zero-order valence-corrected chi connectivity index (χ0v) is 8.76. The highest BCUT2D eigenvalue weighted by Crippen LogP contribution is 2.29. The van der Waals surface area contributed by atoms with Crippen LogP contribution in [0.25, 0.3) is 0 Å². The van der Waals surface area contributed by atoms with Gasteiger partial charge in [-0.15, -0.1) is 11.3 Å². The van der Waals surface area contributed by atoms with Crippen LogP contribution in [0.2, 0.25) is 0 Å². The molecule has 0 aliphatic heterocycles. The average molecular weight is 199 g/mol. The summed E-state index contributed by atoms with van der Waals surface area (Å²) in [6, 6.07) is 0. The van der Waals surface area contributed by atoms with Gasteiger partial charge in [-0.1, -0.05) is 13.8 Å². The summed E-state index contributed by atoms with van der Waals surface area (Å²) in [5.41, 5.74) is 2.54. The van der Waals surface area contributed by atoms with Crippen molar-refractivity contribution in [3.05, 3.63) is 16.1 Å². The maximum atomic E-state index is 11.0. The first-order chi connectivity index (χ1) is 6.04. The highest BCUT2D eigenvalue weighted by molar-refractivity contribution is 7.10. The number of carboxylic acid groups (broad SMARTS) is 1. The van der Waals surface area contributed by atoms with Gasteiger partial charge in [0.25, 0.3) is 0 Å². The van der Waals surface area contributed by atoms with Crippen LogP contribution in [0.15, 0.2) is 5.51 Å². The molecule has 72 valence electrons. The second-order valence-corrected chi connectivity index (χ2v) is 4.25. The molecule has 0 spiro atoms. The van der Waals surface area contributed by atoms with E-state index in [2.05, 4.69) is 4.98 Å². The lowest BCUT2D eigenvalue weighted by atomic mass is 9.94. The first-order valence-electron chi connectivity index (χ1n) is 4.16. The number of nitrogens with zero attached hydrogens (tertiary/aromatic N) is 1. The van der Waals surface area contributed by atoms with E-state index < -0.39 is 11.9 Å². The maximum absolute atomic E-state index is 11.0. The summed E-state index contributed by atoms with van der Waals surface area (Å²) in [5.74, 6) is -1.06. The van der Waals surface area contributed by atoms with Gasteiger partial charge in [0.15, 0.2) is 0 Å². The molecule has 1 rings (SSSR count). The number of carbonyl (C=O) groups is 1. The molecule has 1 aromatic rings. The minimum atomic E-state index is -0.762. The van der Waals surface area contributed by atoms with Crippen molar-refractivity contribution in [2.75, 3.05) is 0 Å². The molecule has 1 atom stereocenters. The van der Waals surface area contributed by atoms with E-state index in [0.717, 1.165) is 10.6 Å². The van der Waals surface area contributed by atoms with Gasteiger partial charge in [-0.2, -0.15) is 0 Å². The van der Waals surface area contributed by atoms with Gasteiger partial charge in [0.2, 0.25) is 0 Å². The summed E-state index contributed by atoms with van der Waals surface area (Å²) >= 11 is 1.42. The molecule has 1 heterocycles. The van der Waals surface area contributed by atoms with E-state index in [1.54, 1.807) is 5.51 Å². The molecule has 0 bridgehead atoms. The van der Waals surface area contributed by atoms with Crippen molar-refractivity contribution in [3.63, 3.8) is 0 Å². The van der Waals surface area contributed by atoms with Gasteiger partial charge < -0.3 is 5.11 Å². The third-order valence-corrected chi connectivity index (χ3v) is 3.01. The van der Waals surface area contributed by atoms with Crippen molar-refractivity contribution in [3.8, 4) is 0 Å². The van der Waals surface area contributed by atoms with Crippen LogP contribution in [0.4, 0.5) is 0 Å². The molecule has 0 fully saturated rings. The lowest BCUT2D eigenvalue weighted by Gasteiger charge is -2.14. The van der Waals surface area contributed by atoms with Crippen molar-refractivity contribution in [2.24, 2.45) is 5.92 Å². The van der Waals surface area contributed by atoms with Crippen LogP contribution in [0.3, 0.4) is 0 Å². The van der Waals surface area contributed by atoms with E-state index in [1.807, 2.05) is 20.8 Å². The van der Waals surface area contributed by atoms with Gasteiger partial charge in [-0.3, -0.25) is 4.79 Å². The fraction of sp³-hybridized carbons (Fsp3) is 0.556. The Morgan fingerprint density at radius 1 is 1.62 bits per heavy atom.